The zero-order valence-electron chi connectivity index (χ0n) is 16.2. The van der Waals surface area contributed by atoms with Crippen molar-refractivity contribution in [2.24, 2.45) is 11.8 Å². The summed E-state index contributed by atoms with van der Waals surface area (Å²) in [4.78, 5) is 0. The summed E-state index contributed by atoms with van der Waals surface area (Å²) < 4.78 is 5.73. The summed E-state index contributed by atoms with van der Waals surface area (Å²) in [7, 11) is 0. The first-order chi connectivity index (χ1) is 13.3. The van der Waals surface area contributed by atoms with Crippen molar-refractivity contribution in [1.82, 2.24) is 5.43 Å². The van der Waals surface area contributed by atoms with E-state index < -0.39 is 0 Å². The molecule has 3 heteroatoms. The number of nitrogens with one attached hydrogen (secondary N) is 1. The van der Waals surface area contributed by atoms with Gasteiger partial charge in [0.15, 0.2) is 0 Å². The highest BCUT2D eigenvalue weighted by Gasteiger charge is 2.20. The summed E-state index contributed by atoms with van der Waals surface area (Å²) >= 11 is 0. The van der Waals surface area contributed by atoms with Crippen LogP contribution in [0.25, 0.3) is 11.1 Å². The standard InChI is InChI=1S/C24H30N2O/c1-2-23(19-9-5-3-6-10-19)24(20-11-7-4-8-12-20)21-13-15-22(16-14-21)27-18-17-26-25/h3,5-7,9-11,13-16,20,26H,2,4,8,12,17-18,25H2,1H3/b24-23-. The van der Waals surface area contributed by atoms with Gasteiger partial charge in [-0.05, 0) is 60.1 Å². The molecule has 0 radical (unpaired) electrons. The largest absolute Gasteiger partial charge is 0.492 e. The lowest BCUT2D eigenvalue weighted by atomic mass is 9.80. The van der Waals surface area contributed by atoms with Gasteiger partial charge in [-0.25, -0.2) is 0 Å². The highest BCUT2D eigenvalue weighted by Crippen LogP contribution is 2.39. The maximum atomic E-state index is 5.73. The maximum absolute atomic E-state index is 5.73. The second-order valence-corrected chi connectivity index (χ2v) is 6.90. The Hall–Kier alpha value is -2.36. The number of ether oxygens (including phenoxy) is 1. The number of benzene rings is 2. The molecule has 2 aromatic rings. The quantitative estimate of drug-likeness (QED) is 0.223. The van der Waals surface area contributed by atoms with Gasteiger partial charge in [-0.2, -0.15) is 0 Å². The SMILES string of the molecule is CC/C(=C(/c1ccc(OCCNN)cc1)C1C=CCCC1)c1ccccc1. The fourth-order valence-corrected chi connectivity index (χ4v) is 3.81. The Morgan fingerprint density at radius 1 is 1.07 bits per heavy atom. The summed E-state index contributed by atoms with van der Waals surface area (Å²) in [5, 5.41) is 0. The Morgan fingerprint density at radius 3 is 2.48 bits per heavy atom. The van der Waals surface area contributed by atoms with E-state index in [1.807, 2.05) is 0 Å². The van der Waals surface area contributed by atoms with Crippen LogP contribution in [0.1, 0.15) is 43.7 Å². The van der Waals surface area contributed by atoms with Crippen molar-refractivity contribution < 1.29 is 4.74 Å². The molecule has 1 atom stereocenters. The zero-order valence-corrected chi connectivity index (χ0v) is 16.2. The topological polar surface area (TPSA) is 47.3 Å². The molecule has 1 unspecified atom stereocenters. The third kappa shape index (κ3) is 5.09. The van der Waals surface area contributed by atoms with Crippen LogP contribution in [-0.2, 0) is 0 Å². The number of rotatable bonds is 8. The van der Waals surface area contributed by atoms with Crippen molar-refractivity contribution >= 4 is 11.1 Å². The summed E-state index contributed by atoms with van der Waals surface area (Å²) in [6.45, 7) is 3.45. The van der Waals surface area contributed by atoms with Gasteiger partial charge in [0.05, 0.1) is 0 Å². The molecule has 1 aliphatic rings. The second kappa shape index (κ2) is 10.1. The van der Waals surface area contributed by atoms with Gasteiger partial charge >= 0.3 is 0 Å². The molecule has 0 saturated carbocycles. The van der Waals surface area contributed by atoms with Crippen molar-refractivity contribution in [2.45, 2.75) is 32.6 Å². The van der Waals surface area contributed by atoms with Crippen LogP contribution in [-0.4, -0.2) is 13.2 Å². The summed E-state index contributed by atoms with van der Waals surface area (Å²) in [5.41, 5.74) is 8.11. The van der Waals surface area contributed by atoms with E-state index in [1.165, 1.54) is 41.5 Å². The van der Waals surface area contributed by atoms with E-state index >= 15 is 0 Å². The van der Waals surface area contributed by atoms with Crippen molar-refractivity contribution in [3.8, 4) is 5.75 Å². The molecule has 3 N–H and O–H groups in total. The monoisotopic (exact) mass is 362 g/mol. The average Bonchev–Trinajstić information content (AvgIpc) is 2.74. The number of allylic oxidation sites excluding steroid dienone is 4. The van der Waals surface area contributed by atoms with Crippen LogP contribution in [0.15, 0.2) is 66.7 Å². The van der Waals surface area contributed by atoms with E-state index in [4.69, 9.17) is 10.6 Å². The van der Waals surface area contributed by atoms with E-state index in [0.29, 0.717) is 19.1 Å². The zero-order chi connectivity index (χ0) is 18.9. The van der Waals surface area contributed by atoms with Crippen LogP contribution in [0.4, 0.5) is 0 Å². The first-order valence-electron chi connectivity index (χ1n) is 9.95. The lowest BCUT2D eigenvalue weighted by molar-refractivity contribution is 0.315. The van der Waals surface area contributed by atoms with Gasteiger partial charge in [0.25, 0.3) is 0 Å². The van der Waals surface area contributed by atoms with Gasteiger partial charge in [-0.1, -0.05) is 61.5 Å². The van der Waals surface area contributed by atoms with E-state index in [1.54, 1.807) is 0 Å². The Bertz CT molecular complexity index is 763. The Morgan fingerprint density at radius 2 is 1.85 bits per heavy atom. The molecule has 1 aliphatic carbocycles. The Balaban J connectivity index is 1.98. The molecule has 0 spiro atoms. The van der Waals surface area contributed by atoms with E-state index in [-0.39, 0.29) is 0 Å². The minimum atomic E-state index is 0.474. The lowest BCUT2D eigenvalue weighted by Crippen LogP contribution is -2.27. The maximum Gasteiger partial charge on any atom is 0.119 e. The summed E-state index contributed by atoms with van der Waals surface area (Å²) in [6, 6.07) is 19.3. The van der Waals surface area contributed by atoms with E-state index in [0.717, 1.165) is 12.2 Å². The van der Waals surface area contributed by atoms with Gasteiger partial charge in [0, 0.05) is 12.5 Å². The molecule has 0 aliphatic heterocycles. The third-order valence-electron chi connectivity index (χ3n) is 5.11. The first kappa shape index (κ1) is 19.4. The van der Waals surface area contributed by atoms with Crippen LogP contribution >= 0.6 is 0 Å². The second-order valence-electron chi connectivity index (χ2n) is 6.90. The average molecular weight is 363 g/mol. The fraction of sp³-hybridized carbons (Fsp3) is 0.333. The number of hydrazine groups is 1. The predicted octanol–water partition coefficient (Wildman–Crippen LogP) is 5.21. The molecule has 0 aromatic heterocycles. The molecule has 142 valence electrons. The summed E-state index contributed by atoms with van der Waals surface area (Å²) in [6.07, 6.45) is 9.41. The van der Waals surface area contributed by atoms with Gasteiger partial charge in [-0.3, -0.25) is 11.3 Å². The molecule has 2 aromatic carbocycles. The molecule has 27 heavy (non-hydrogen) atoms. The smallest absolute Gasteiger partial charge is 0.119 e. The minimum Gasteiger partial charge on any atom is -0.492 e. The highest BCUT2D eigenvalue weighted by atomic mass is 16.5. The van der Waals surface area contributed by atoms with Gasteiger partial charge < -0.3 is 4.74 Å². The molecule has 3 nitrogen and oxygen atoms in total. The number of nitrogens with two attached hydrogens (primary N) is 1. The normalized spacial score (nSPS) is 17.5. The molecule has 0 amide bonds. The van der Waals surface area contributed by atoms with Crippen LogP contribution in [0.2, 0.25) is 0 Å². The fourth-order valence-electron chi connectivity index (χ4n) is 3.81. The van der Waals surface area contributed by atoms with Crippen molar-refractivity contribution in [2.75, 3.05) is 13.2 Å². The van der Waals surface area contributed by atoms with Gasteiger partial charge in [0.2, 0.25) is 0 Å². The van der Waals surface area contributed by atoms with Crippen LogP contribution in [0.5, 0.6) is 5.75 Å². The number of hydrogen-bond donors (Lipinski definition) is 2. The third-order valence-corrected chi connectivity index (χ3v) is 5.11. The van der Waals surface area contributed by atoms with Crippen molar-refractivity contribution in [1.29, 1.82) is 0 Å². The Kier molecular flexibility index (Phi) is 7.26. The molecule has 3 rings (SSSR count). The van der Waals surface area contributed by atoms with Gasteiger partial charge in [-0.15, -0.1) is 0 Å². The van der Waals surface area contributed by atoms with Crippen molar-refractivity contribution in [3.05, 3.63) is 77.9 Å². The highest BCUT2D eigenvalue weighted by molar-refractivity contribution is 5.92. The predicted molar refractivity (Wildman–Crippen MR) is 114 cm³/mol. The number of hydrogen-bond acceptors (Lipinski definition) is 3. The minimum absolute atomic E-state index is 0.474. The van der Waals surface area contributed by atoms with Crippen LogP contribution in [0.3, 0.4) is 0 Å². The molecule has 0 saturated heterocycles. The molecule has 0 bridgehead atoms. The van der Waals surface area contributed by atoms with E-state index in [2.05, 4.69) is 79.1 Å². The molecular formula is C24H30N2O. The molecule has 0 heterocycles. The van der Waals surface area contributed by atoms with Crippen LogP contribution in [0, 0.1) is 5.92 Å². The van der Waals surface area contributed by atoms with Gasteiger partial charge in [0.1, 0.15) is 12.4 Å². The van der Waals surface area contributed by atoms with Crippen molar-refractivity contribution in [3.63, 3.8) is 0 Å². The van der Waals surface area contributed by atoms with Crippen LogP contribution < -0.4 is 16.0 Å². The molecule has 0 fully saturated rings. The summed E-state index contributed by atoms with van der Waals surface area (Å²) in [5.74, 6) is 6.65. The lowest BCUT2D eigenvalue weighted by Gasteiger charge is -2.25. The molecular weight excluding hydrogens is 332 g/mol. The first-order valence-corrected chi connectivity index (χ1v) is 9.95. The van der Waals surface area contributed by atoms with E-state index in [9.17, 15) is 0 Å². The Labute approximate surface area is 162 Å².